The van der Waals surface area contributed by atoms with Gasteiger partial charge in [-0.25, -0.2) is 4.98 Å². The Kier molecular flexibility index (Phi) is 3.29. The standard InChI is InChI=1S/C10H8BrF3N4/c1-18-8(4-5-15-18)17-9-6(11)2-3-7(16-9)10(12,13)14/h2-5H,1H3,(H,16,17). The van der Waals surface area contributed by atoms with Crippen molar-refractivity contribution in [1.82, 2.24) is 14.8 Å². The maximum absolute atomic E-state index is 12.5. The van der Waals surface area contributed by atoms with E-state index >= 15 is 0 Å². The van der Waals surface area contributed by atoms with Crippen molar-refractivity contribution in [3.05, 3.63) is 34.6 Å². The molecule has 0 atom stereocenters. The lowest BCUT2D eigenvalue weighted by Gasteiger charge is -2.11. The third-order valence-electron chi connectivity index (χ3n) is 2.20. The summed E-state index contributed by atoms with van der Waals surface area (Å²) in [4.78, 5) is 3.54. The van der Waals surface area contributed by atoms with Crippen LogP contribution in [-0.2, 0) is 13.2 Å². The van der Waals surface area contributed by atoms with Gasteiger partial charge < -0.3 is 5.32 Å². The molecule has 0 spiro atoms. The number of pyridine rings is 1. The second kappa shape index (κ2) is 4.60. The van der Waals surface area contributed by atoms with Gasteiger partial charge in [-0.3, -0.25) is 4.68 Å². The van der Waals surface area contributed by atoms with E-state index < -0.39 is 11.9 Å². The van der Waals surface area contributed by atoms with Crippen molar-refractivity contribution in [3.8, 4) is 0 Å². The molecule has 2 aromatic heterocycles. The lowest BCUT2D eigenvalue weighted by atomic mass is 10.3. The molecule has 0 saturated carbocycles. The van der Waals surface area contributed by atoms with Crippen LogP contribution in [0.3, 0.4) is 0 Å². The molecule has 8 heteroatoms. The van der Waals surface area contributed by atoms with Crippen molar-refractivity contribution < 1.29 is 13.2 Å². The van der Waals surface area contributed by atoms with Crippen LogP contribution in [0, 0.1) is 0 Å². The molecule has 18 heavy (non-hydrogen) atoms. The Bertz CT molecular complexity index is 564. The fraction of sp³-hybridized carbons (Fsp3) is 0.200. The SMILES string of the molecule is Cn1nccc1Nc1nc(C(F)(F)F)ccc1Br. The molecular weight excluding hydrogens is 313 g/mol. The molecule has 96 valence electrons. The quantitative estimate of drug-likeness (QED) is 0.922. The van der Waals surface area contributed by atoms with Crippen molar-refractivity contribution >= 4 is 27.6 Å². The molecule has 0 aromatic carbocycles. The average molecular weight is 321 g/mol. The predicted octanol–water partition coefficient (Wildman–Crippen LogP) is 3.34. The lowest BCUT2D eigenvalue weighted by Crippen LogP contribution is -2.10. The Hall–Kier alpha value is -1.57. The fourth-order valence-electron chi connectivity index (χ4n) is 1.31. The first-order valence-electron chi connectivity index (χ1n) is 4.86. The van der Waals surface area contributed by atoms with Gasteiger partial charge in [0.15, 0.2) is 0 Å². The Labute approximate surface area is 109 Å². The highest BCUT2D eigenvalue weighted by Crippen LogP contribution is 2.32. The number of aryl methyl sites for hydroxylation is 1. The van der Waals surface area contributed by atoms with Crippen LogP contribution in [-0.4, -0.2) is 14.8 Å². The molecule has 4 nitrogen and oxygen atoms in total. The number of halogens is 4. The van der Waals surface area contributed by atoms with Crippen LogP contribution in [0.5, 0.6) is 0 Å². The van der Waals surface area contributed by atoms with Gasteiger partial charge in [0.05, 0.1) is 10.7 Å². The second-order valence-electron chi connectivity index (χ2n) is 3.49. The molecule has 0 saturated heterocycles. The van der Waals surface area contributed by atoms with E-state index in [1.54, 1.807) is 13.1 Å². The van der Waals surface area contributed by atoms with E-state index in [0.717, 1.165) is 6.07 Å². The smallest absolute Gasteiger partial charge is 0.324 e. The van der Waals surface area contributed by atoms with Crippen LogP contribution in [0.1, 0.15) is 5.69 Å². The van der Waals surface area contributed by atoms with E-state index in [1.807, 2.05) is 0 Å². The molecule has 0 aliphatic rings. The maximum atomic E-state index is 12.5. The van der Waals surface area contributed by atoms with Crippen molar-refractivity contribution in [2.45, 2.75) is 6.18 Å². The summed E-state index contributed by atoms with van der Waals surface area (Å²) in [6.45, 7) is 0. The minimum Gasteiger partial charge on any atom is -0.324 e. The summed E-state index contributed by atoms with van der Waals surface area (Å²) in [5.41, 5.74) is -0.949. The highest BCUT2D eigenvalue weighted by atomic mass is 79.9. The third-order valence-corrected chi connectivity index (χ3v) is 2.84. The lowest BCUT2D eigenvalue weighted by molar-refractivity contribution is -0.141. The van der Waals surface area contributed by atoms with Crippen molar-refractivity contribution in [2.24, 2.45) is 7.05 Å². The molecular formula is C10H8BrF3N4. The van der Waals surface area contributed by atoms with E-state index in [-0.39, 0.29) is 5.82 Å². The summed E-state index contributed by atoms with van der Waals surface area (Å²) in [5, 5.41) is 6.68. The van der Waals surface area contributed by atoms with Crippen LogP contribution < -0.4 is 5.32 Å². The van der Waals surface area contributed by atoms with Crippen LogP contribution in [0.4, 0.5) is 24.8 Å². The topological polar surface area (TPSA) is 42.7 Å². The van der Waals surface area contributed by atoms with Gasteiger partial charge in [0, 0.05) is 13.1 Å². The number of aromatic nitrogens is 3. The molecule has 0 radical (unpaired) electrons. The molecule has 0 unspecified atom stereocenters. The highest BCUT2D eigenvalue weighted by Gasteiger charge is 2.33. The van der Waals surface area contributed by atoms with Gasteiger partial charge in [-0.2, -0.15) is 18.3 Å². The first-order valence-corrected chi connectivity index (χ1v) is 5.66. The number of nitrogens with one attached hydrogen (secondary N) is 1. The zero-order valence-electron chi connectivity index (χ0n) is 9.16. The van der Waals surface area contributed by atoms with Crippen LogP contribution in [0.15, 0.2) is 28.9 Å². The molecule has 2 heterocycles. The zero-order chi connectivity index (χ0) is 13.3. The molecule has 1 N–H and O–H groups in total. The van der Waals surface area contributed by atoms with E-state index in [9.17, 15) is 13.2 Å². The van der Waals surface area contributed by atoms with Crippen molar-refractivity contribution in [2.75, 3.05) is 5.32 Å². The largest absolute Gasteiger partial charge is 0.433 e. The number of anilines is 2. The van der Waals surface area contributed by atoms with Crippen LogP contribution in [0.2, 0.25) is 0 Å². The number of hydrogen-bond acceptors (Lipinski definition) is 3. The molecule has 2 rings (SSSR count). The number of nitrogens with zero attached hydrogens (tertiary/aromatic N) is 3. The minimum absolute atomic E-state index is 0.0911. The molecule has 0 bridgehead atoms. The van der Waals surface area contributed by atoms with Gasteiger partial charge in [0.25, 0.3) is 0 Å². The molecule has 2 aromatic rings. The fourth-order valence-corrected chi connectivity index (χ4v) is 1.63. The highest BCUT2D eigenvalue weighted by molar-refractivity contribution is 9.10. The Morgan fingerprint density at radius 2 is 2.00 bits per heavy atom. The number of rotatable bonds is 2. The van der Waals surface area contributed by atoms with Crippen molar-refractivity contribution in [1.29, 1.82) is 0 Å². The normalized spacial score (nSPS) is 11.6. The van der Waals surface area contributed by atoms with E-state index in [1.165, 1.54) is 16.9 Å². The Morgan fingerprint density at radius 1 is 1.28 bits per heavy atom. The van der Waals surface area contributed by atoms with Gasteiger partial charge in [0.2, 0.25) is 0 Å². The van der Waals surface area contributed by atoms with E-state index in [0.29, 0.717) is 10.3 Å². The summed E-state index contributed by atoms with van der Waals surface area (Å²) in [6.07, 6.45) is -2.94. The summed E-state index contributed by atoms with van der Waals surface area (Å²) in [5.74, 6) is 0.635. The van der Waals surface area contributed by atoms with E-state index in [2.05, 4.69) is 31.3 Å². The molecule has 0 aliphatic heterocycles. The van der Waals surface area contributed by atoms with Crippen molar-refractivity contribution in [3.63, 3.8) is 0 Å². The predicted molar refractivity (Wildman–Crippen MR) is 63.4 cm³/mol. The van der Waals surface area contributed by atoms with Crippen LogP contribution >= 0.6 is 15.9 Å². The first kappa shape index (κ1) is 12.9. The molecule has 0 amide bonds. The first-order chi connectivity index (χ1) is 8.38. The van der Waals surface area contributed by atoms with Gasteiger partial charge in [-0.1, -0.05) is 0 Å². The van der Waals surface area contributed by atoms with E-state index in [4.69, 9.17) is 0 Å². The molecule has 0 aliphatic carbocycles. The van der Waals surface area contributed by atoms with Gasteiger partial charge in [-0.15, -0.1) is 0 Å². The minimum atomic E-state index is -4.47. The monoisotopic (exact) mass is 320 g/mol. The second-order valence-corrected chi connectivity index (χ2v) is 4.34. The Morgan fingerprint density at radius 3 is 2.56 bits per heavy atom. The zero-order valence-corrected chi connectivity index (χ0v) is 10.7. The maximum Gasteiger partial charge on any atom is 0.433 e. The summed E-state index contributed by atoms with van der Waals surface area (Å²) in [6, 6.07) is 3.85. The summed E-state index contributed by atoms with van der Waals surface area (Å²) < 4.78 is 39.5. The summed E-state index contributed by atoms with van der Waals surface area (Å²) in [7, 11) is 1.67. The van der Waals surface area contributed by atoms with Crippen LogP contribution in [0.25, 0.3) is 0 Å². The van der Waals surface area contributed by atoms with Gasteiger partial charge in [0.1, 0.15) is 17.3 Å². The Balaban J connectivity index is 2.36. The third kappa shape index (κ3) is 2.63. The molecule has 0 fully saturated rings. The number of alkyl halides is 3. The number of hydrogen-bond donors (Lipinski definition) is 1. The summed E-state index contributed by atoms with van der Waals surface area (Å²) >= 11 is 3.15. The van der Waals surface area contributed by atoms with Gasteiger partial charge >= 0.3 is 6.18 Å². The van der Waals surface area contributed by atoms with Gasteiger partial charge in [-0.05, 0) is 28.1 Å². The average Bonchev–Trinajstić information content (AvgIpc) is 2.66.